The van der Waals surface area contributed by atoms with Gasteiger partial charge in [-0.15, -0.1) is 12.4 Å². The highest BCUT2D eigenvalue weighted by Crippen LogP contribution is 2.30. The Hall–Kier alpha value is -1.25. The lowest BCUT2D eigenvalue weighted by atomic mass is 10.1. The van der Waals surface area contributed by atoms with Gasteiger partial charge in [-0.2, -0.15) is 0 Å². The van der Waals surface area contributed by atoms with Gasteiger partial charge >= 0.3 is 0 Å². The number of para-hydroxylation sites is 1. The Labute approximate surface area is 123 Å². The maximum absolute atomic E-state index is 13.0. The predicted octanol–water partition coefficient (Wildman–Crippen LogP) is 4.46. The first-order chi connectivity index (χ1) is 8.74. The normalized spacial score (nSPS) is 13.1. The summed E-state index contributed by atoms with van der Waals surface area (Å²) in [6.07, 6.45) is 1.06. The Balaban J connectivity index is 0.00000133. The summed E-state index contributed by atoms with van der Waals surface area (Å²) in [7, 11) is 0. The highest BCUT2D eigenvalue weighted by Gasteiger charge is 2.19. The monoisotopic (exact) mass is 297 g/mol. The van der Waals surface area contributed by atoms with Gasteiger partial charge in [-0.3, -0.25) is 0 Å². The number of hydrogen-bond acceptors (Lipinski definition) is 1. The molecule has 2 aromatic carbocycles. The summed E-state index contributed by atoms with van der Waals surface area (Å²) < 4.78 is 13.0. The Morgan fingerprint density at radius 1 is 1.16 bits per heavy atom. The maximum atomic E-state index is 13.0. The molecular weight excluding hydrogens is 284 g/mol. The lowest BCUT2D eigenvalue weighted by Crippen LogP contribution is -2.19. The molecule has 1 heterocycles. The first-order valence-electron chi connectivity index (χ1n) is 6.01. The zero-order valence-electron chi connectivity index (χ0n) is 10.3. The molecule has 0 aliphatic carbocycles. The lowest BCUT2D eigenvalue weighted by molar-refractivity contribution is 0.627. The molecule has 1 aliphatic heterocycles. The number of halogens is 3. The summed E-state index contributed by atoms with van der Waals surface area (Å²) >= 11 is 6.07. The van der Waals surface area contributed by atoms with Crippen molar-refractivity contribution in [1.82, 2.24) is 0 Å². The van der Waals surface area contributed by atoms with E-state index >= 15 is 0 Å². The van der Waals surface area contributed by atoms with E-state index in [1.807, 2.05) is 6.07 Å². The first kappa shape index (κ1) is 14.2. The van der Waals surface area contributed by atoms with Crippen molar-refractivity contribution in [2.75, 3.05) is 11.4 Å². The van der Waals surface area contributed by atoms with Crippen molar-refractivity contribution in [2.45, 2.75) is 13.0 Å². The standard InChI is InChI=1S/C15H13ClFN.ClH/c16-14-9-13(17)6-5-12(14)10-18-8-7-11-3-1-2-4-15(11)18;/h1-6,9H,7-8,10H2;1H. The fourth-order valence-electron chi connectivity index (χ4n) is 2.43. The second kappa shape index (κ2) is 5.81. The average Bonchev–Trinajstić information content (AvgIpc) is 2.76. The van der Waals surface area contributed by atoms with E-state index < -0.39 is 0 Å². The van der Waals surface area contributed by atoms with Crippen molar-refractivity contribution < 1.29 is 4.39 Å². The quantitative estimate of drug-likeness (QED) is 0.791. The molecule has 2 aromatic rings. The van der Waals surface area contributed by atoms with Crippen LogP contribution in [0.25, 0.3) is 0 Å². The Kier molecular flexibility index (Phi) is 4.33. The summed E-state index contributed by atoms with van der Waals surface area (Å²) in [5.41, 5.74) is 3.60. The minimum Gasteiger partial charge on any atom is -0.367 e. The second-order valence-corrected chi connectivity index (χ2v) is 4.94. The number of benzene rings is 2. The molecular formula is C15H14Cl2FN. The van der Waals surface area contributed by atoms with Gasteiger partial charge in [0.15, 0.2) is 0 Å². The van der Waals surface area contributed by atoms with Gasteiger partial charge in [0.2, 0.25) is 0 Å². The van der Waals surface area contributed by atoms with Gasteiger partial charge in [-0.1, -0.05) is 35.9 Å². The molecule has 0 spiro atoms. The predicted molar refractivity (Wildman–Crippen MR) is 79.9 cm³/mol. The van der Waals surface area contributed by atoms with Crippen LogP contribution in [0.15, 0.2) is 42.5 Å². The molecule has 0 fully saturated rings. The van der Waals surface area contributed by atoms with Crippen LogP contribution < -0.4 is 4.90 Å². The molecule has 3 rings (SSSR count). The Morgan fingerprint density at radius 2 is 1.95 bits per heavy atom. The van der Waals surface area contributed by atoms with Crippen molar-refractivity contribution in [3.05, 3.63) is 64.4 Å². The zero-order chi connectivity index (χ0) is 12.5. The van der Waals surface area contributed by atoms with E-state index in [9.17, 15) is 4.39 Å². The topological polar surface area (TPSA) is 3.24 Å². The molecule has 0 saturated heterocycles. The van der Waals surface area contributed by atoms with Crippen LogP contribution in [0.4, 0.5) is 10.1 Å². The number of anilines is 1. The highest BCUT2D eigenvalue weighted by molar-refractivity contribution is 6.31. The van der Waals surface area contributed by atoms with Crippen LogP contribution in [0.3, 0.4) is 0 Å². The minimum atomic E-state index is -0.287. The van der Waals surface area contributed by atoms with Gasteiger partial charge in [-0.25, -0.2) is 4.39 Å². The molecule has 0 atom stereocenters. The van der Waals surface area contributed by atoms with Gasteiger partial charge in [-0.05, 0) is 35.7 Å². The fraction of sp³-hybridized carbons (Fsp3) is 0.200. The van der Waals surface area contributed by atoms with Crippen LogP contribution in [0, 0.1) is 5.82 Å². The summed E-state index contributed by atoms with van der Waals surface area (Å²) in [6.45, 7) is 1.73. The van der Waals surface area contributed by atoms with Crippen molar-refractivity contribution in [3.63, 3.8) is 0 Å². The third-order valence-corrected chi connectivity index (χ3v) is 3.71. The van der Waals surface area contributed by atoms with Gasteiger partial charge in [0.1, 0.15) is 5.82 Å². The van der Waals surface area contributed by atoms with Crippen LogP contribution in [-0.2, 0) is 13.0 Å². The fourth-order valence-corrected chi connectivity index (χ4v) is 2.65. The van der Waals surface area contributed by atoms with Gasteiger partial charge < -0.3 is 4.90 Å². The summed E-state index contributed by atoms with van der Waals surface area (Å²) in [6, 6.07) is 13.0. The van der Waals surface area contributed by atoms with Crippen LogP contribution >= 0.6 is 24.0 Å². The molecule has 19 heavy (non-hydrogen) atoms. The van der Waals surface area contributed by atoms with Gasteiger partial charge in [0.05, 0.1) is 0 Å². The van der Waals surface area contributed by atoms with E-state index in [0.717, 1.165) is 25.1 Å². The Morgan fingerprint density at radius 3 is 2.74 bits per heavy atom. The molecule has 0 aromatic heterocycles. The Bertz CT molecular complexity index is 586. The van der Waals surface area contributed by atoms with Gasteiger partial charge in [0.25, 0.3) is 0 Å². The number of rotatable bonds is 2. The molecule has 0 unspecified atom stereocenters. The molecule has 100 valence electrons. The van der Waals surface area contributed by atoms with E-state index in [4.69, 9.17) is 11.6 Å². The largest absolute Gasteiger partial charge is 0.367 e. The smallest absolute Gasteiger partial charge is 0.124 e. The van der Waals surface area contributed by atoms with Crippen LogP contribution in [0.5, 0.6) is 0 Å². The van der Waals surface area contributed by atoms with Crippen molar-refractivity contribution in [2.24, 2.45) is 0 Å². The van der Waals surface area contributed by atoms with E-state index in [0.29, 0.717) is 5.02 Å². The zero-order valence-corrected chi connectivity index (χ0v) is 11.8. The third kappa shape index (κ3) is 2.85. The minimum absolute atomic E-state index is 0. The lowest BCUT2D eigenvalue weighted by Gasteiger charge is -2.20. The molecule has 4 heteroatoms. The SMILES string of the molecule is Cl.Fc1ccc(CN2CCc3ccccc32)c(Cl)c1. The molecule has 0 saturated carbocycles. The highest BCUT2D eigenvalue weighted by atomic mass is 35.5. The number of hydrogen-bond donors (Lipinski definition) is 0. The van der Waals surface area contributed by atoms with Crippen molar-refractivity contribution in [1.29, 1.82) is 0 Å². The van der Waals surface area contributed by atoms with E-state index in [2.05, 4.69) is 23.1 Å². The van der Waals surface area contributed by atoms with E-state index in [-0.39, 0.29) is 18.2 Å². The van der Waals surface area contributed by atoms with Gasteiger partial charge in [0, 0.05) is 23.8 Å². The van der Waals surface area contributed by atoms with Crippen molar-refractivity contribution in [3.8, 4) is 0 Å². The summed E-state index contributed by atoms with van der Waals surface area (Å²) in [5.74, 6) is -0.287. The molecule has 1 nitrogen and oxygen atoms in total. The molecule has 1 aliphatic rings. The van der Waals surface area contributed by atoms with E-state index in [1.165, 1.54) is 23.4 Å². The summed E-state index contributed by atoms with van der Waals surface area (Å²) in [4.78, 5) is 2.29. The van der Waals surface area contributed by atoms with Crippen LogP contribution in [0.2, 0.25) is 5.02 Å². The van der Waals surface area contributed by atoms with E-state index in [1.54, 1.807) is 6.07 Å². The molecule has 0 radical (unpaired) electrons. The number of nitrogens with zero attached hydrogens (tertiary/aromatic N) is 1. The first-order valence-corrected chi connectivity index (χ1v) is 6.38. The second-order valence-electron chi connectivity index (χ2n) is 4.54. The number of fused-ring (bicyclic) bond motifs is 1. The average molecular weight is 298 g/mol. The molecule has 0 bridgehead atoms. The van der Waals surface area contributed by atoms with Crippen molar-refractivity contribution >= 4 is 29.7 Å². The third-order valence-electron chi connectivity index (χ3n) is 3.36. The molecule has 0 N–H and O–H groups in total. The summed E-state index contributed by atoms with van der Waals surface area (Å²) in [5, 5.41) is 0.499. The van der Waals surface area contributed by atoms with Crippen LogP contribution in [0.1, 0.15) is 11.1 Å². The van der Waals surface area contributed by atoms with Crippen LogP contribution in [-0.4, -0.2) is 6.54 Å². The maximum Gasteiger partial charge on any atom is 0.124 e. The molecule has 0 amide bonds.